The number of nitrogens with one attached hydrogen (secondary N) is 2. The molecule has 0 radical (unpaired) electrons. The van der Waals surface area contributed by atoms with Gasteiger partial charge in [0.2, 0.25) is 11.9 Å². The summed E-state index contributed by atoms with van der Waals surface area (Å²) >= 11 is 0. The van der Waals surface area contributed by atoms with Crippen molar-refractivity contribution >= 4 is 22.9 Å². The van der Waals surface area contributed by atoms with E-state index in [1.165, 1.54) is 24.3 Å². The fraction of sp³-hybridized carbons (Fsp3) is 0.400. The zero-order chi connectivity index (χ0) is 41.4. The number of aliphatic hydroxyl groups is 1. The van der Waals surface area contributed by atoms with Crippen molar-refractivity contribution < 1.29 is 45.7 Å². The maximum Gasteiger partial charge on any atom is 0.387 e. The summed E-state index contributed by atoms with van der Waals surface area (Å²) in [5.41, 5.74) is 1.37. The van der Waals surface area contributed by atoms with Crippen molar-refractivity contribution in [2.45, 2.75) is 70.9 Å². The van der Waals surface area contributed by atoms with Gasteiger partial charge in [-0.05, 0) is 106 Å². The molecule has 59 heavy (non-hydrogen) atoms. The number of anilines is 2. The second-order valence-corrected chi connectivity index (χ2v) is 14.8. The molecule has 6 aromatic rings. The molecule has 6 heterocycles. The number of aromatic nitrogens is 6. The van der Waals surface area contributed by atoms with Gasteiger partial charge in [0.05, 0.1) is 40.5 Å². The van der Waals surface area contributed by atoms with E-state index in [1.54, 1.807) is 53.1 Å². The number of alkyl halides is 4. The number of halogens is 6. The first-order valence-electron chi connectivity index (χ1n) is 19.2. The average molecular weight is 826 g/mol. The van der Waals surface area contributed by atoms with E-state index in [-0.39, 0.29) is 52.8 Å². The molecule has 0 saturated carbocycles. The summed E-state index contributed by atoms with van der Waals surface area (Å²) in [4.78, 5) is 2.07. The van der Waals surface area contributed by atoms with E-state index in [4.69, 9.17) is 9.47 Å². The Morgan fingerprint density at radius 2 is 1.42 bits per heavy atom. The number of benzene rings is 2. The Labute approximate surface area is 333 Å². The Balaban J connectivity index is 1.06. The fourth-order valence-electron chi connectivity index (χ4n) is 7.99. The third-order valence-corrected chi connectivity index (χ3v) is 10.5. The van der Waals surface area contributed by atoms with Crippen molar-refractivity contribution in [3.63, 3.8) is 0 Å². The van der Waals surface area contributed by atoms with Gasteiger partial charge in [-0.25, -0.2) is 8.78 Å². The zero-order valence-corrected chi connectivity index (χ0v) is 32.0. The summed E-state index contributed by atoms with van der Waals surface area (Å²) in [5.74, 6) is -1.74. The monoisotopic (exact) mass is 825 g/mol. The molecule has 0 amide bonds. The number of likely N-dealkylation sites (tertiary alicyclic amines) is 1. The number of β-amino-alcohol motifs (C(OH)–C–C–N with tert-alkyl or cyclic N) is 1. The highest BCUT2D eigenvalue weighted by atomic mass is 19.3. The second kappa shape index (κ2) is 16.9. The number of nitrogens with zero attached hydrogens (tertiary/aromatic N) is 7. The standard InChI is InChI=1S/C40H41F6N9O4/c1-21-14-25(41)33(31(16-21)58-37(43)44)35-28-8-4-12-54(28)39(51-49-35)47-23-6-3-11-53(18-23)19-30(56)27-9-10-29-36(34-26(42)15-22(2)17-32(34)59-38(45)46)50-52-40(55(27)29)48-24-7-5-13-57-20-24/h4,8-10,12,14-17,23-24,30,37-38,56H,3,5-7,11,13,18-20H2,1-2H3,(H,47,51)(H,48,52)/t23-,24-,30?/m1/s1. The normalized spacial score (nSPS) is 18.2. The van der Waals surface area contributed by atoms with Crippen LogP contribution in [0.3, 0.4) is 0 Å². The van der Waals surface area contributed by atoms with E-state index < -0.39 is 36.7 Å². The number of aliphatic hydroxyl groups excluding tert-OH is 1. The maximum absolute atomic E-state index is 15.6. The molecule has 3 N–H and O–H groups in total. The molecule has 1 unspecified atom stereocenters. The Kier molecular flexibility index (Phi) is 11.5. The van der Waals surface area contributed by atoms with E-state index in [2.05, 4.69) is 40.7 Å². The smallest absolute Gasteiger partial charge is 0.387 e. The van der Waals surface area contributed by atoms with Crippen LogP contribution in [0.4, 0.5) is 38.2 Å². The fourth-order valence-corrected chi connectivity index (χ4v) is 7.99. The minimum atomic E-state index is -3.22. The van der Waals surface area contributed by atoms with E-state index in [0.717, 1.165) is 25.7 Å². The van der Waals surface area contributed by atoms with Gasteiger partial charge < -0.3 is 30.0 Å². The van der Waals surface area contributed by atoms with Crippen LogP contribution in [0.1, 0.15) is 48.6 Å². The number of rotatable bonds is 13. The largest absolute Gasteiger partial charge is 0.434 e. The van der Waals surface area contributed by atoms with Crippen LogP contribution in [-0.4, -0.2) is 97.4 Å². The van der Waals surface area contributed by atoms with Crippen molar-refractivity contribution in [1.29, 1.82) is 0 Å². The molecule has 19 heteroatoms. The lowest BCUT2D eigenvalue weighted by atomic mass is 10.0. The molecule has 0 bridgehead atoms. The van der Waals surface area contributed by atoms with Crippen LogP contribution in [0.25, 0.3) is 33.5 Å². The van der Waals surface area contributed by atoms with Crippen LogP contribution in [0.2, 0.25) is 0 Å². The van der Waals surface area contributed by atoms with Gasteiger partial charge in [-0.2, -0.15) is 17.6 Å². The minimum absolute atomic E-state index is 0.0297. The molecule has 2 saturated heterocycles. The minimum Gasteiger partial charge on any atom is -0.434 e. The van der Waals surface area contributed by atoms with Crippen molar-refractivity contribution in [1.82, 2.24) is 34.1 Å². The topological polar surface area (TPSA) is 136 Å². The molecule has 2 aliphatic rings. The number of hydrogen-bond acceptors (Lipinski definition) is 11. The quantitative estimate of drug-likeness (QED) is 0.101. The molecule has 3 atom stereocenters. The molecule has 2 aromatic carbocycles. The summed E-state index contributed by atoms with van der Waals surface area (Å²) in [5, 5.41) is 35.9. The summed E-state index contributed by atoms with van der Waals surface area (Å²) in [6.45, 7) is -0.932. The highest BCUT2D eigenvalue weighted by Crippen LogP contribution is 2.39. The molecule has 2 fully saturated rings. The first-order valence-corrected chi connectivity index (χ1v) is 19.2. The van der Waals surface area contributed by atoms with Crippen molar-refractivity contribution in [3.05, 3.63) is 83.2 Å². The number of fused-ring (bicyclic) bond motifs is 2. The van der Waals surface area contributed by atoms with Gasteiger partial charge in [0, 0.05) is 31.9 Å². The highest BCUT2D eigenvalue weighted by molar-refractivity contribution is 5.83. The highest BCUT2D eigenvalue weighted by Gasteiger charge is 2.29. The van der Waals surface area contributed by atoms with E-state index in [0.29, 0.717) is 60.1 Å². The van der Waals surface area contributed by atoms with Crippen LogP contribution < -0.4 is 20.1 Å². The molecule has 4 aromatic heterocycles. The summed E-state index contributed by atoms with van der Waals surface area (Å²) in [6, 6.07) is 11.4. The average Bonchev–Trinajstić information content (AvgIpc) is 3.86. The molecule has 0 spiro atoms. The molecule has 2 aliphatic heterocycles. The molecule has 0 aliphatic carbocycles. The molecular formula is C40H41F6N9O4. The third kappa shape index (κ3) is 8.44. The molecule has 312 valence electrons. The Bertz CT molecular complexity index is 2460. The molecular weight excluding hydrogens is 784 g/mol. The summed E-state index contributed by atoms with van der Waals surface area (Å²) in [6.07, 6.45) is 3.70. The van der Waals surface area contributed by atoms with Crippen LogP contribution in [0.15, 0.2) is 54.7 Å². The SMILES string of the molecule is Cc1cc(F)c(-c2nnc(N[C@@H]3CCCN(CC(O)c4ccc5c(-c6c(F)cc(C)cc6OC(F)F)nnc(N[C@@H]6CCCOC6)n45)C3)n3cccc23)c(OC(F)F)c1. The zero-order valence-electron chi connectivity index (χ0n) is 32.0. The Morgan fingerprint density at radius 3 is 2.07 bits per heavy atom. The van der Waals surface area contributed by atoms with E-state index in [9.17, 15) is 22.7 Å². The molecule has 8 rings (SSSR count). The van der Waals surface area contributed by atoms with Gasteiger partial charge in [0.25, 0.3) is 0 Å². The lowest BCUT2D eigenvalue weighted by molar-refractivity contribution is -0.0503. The van der Waals surface area contributed by atoms with Gasteiger partial charge in [-0.1, -0.05) is 0 Å². The van der Waals surface area contributed by atoms with Crippen LogP contribution >= 0.6 is 0 Å². The predicted molar refractivity (Wildman–Crippen MR) is 205 cm³/mol. The van der Waals surface area contributed by atoms with Gasteiger partial charge in [0.15, 0.2) is 0 Å². The third-order valence-electron chi connectivity index (χ3n) is 10.5. The lowest BCUT2D eigenvalue weighted by Gasteiger charge is -2.34. The number of piperidine rings is 1. The lowest BCUT2D eigenvalue weighted by Crippen LogP contribution is -2.44. The van der Waals surface area contributed by atoms with Crippen LogP contribution in [0.5, 0.6) is 11.5 Å². The number of aryl methyl sites for hydroxylation is 2. The van der Waals surface area contributed by atoms with Gasteiger partial charge in [-0.3, -0.25) is 13.7 Å². The predicted octanol–water partition coefficient (Wildman–Crippen LogP) is 7.40. The van der Waals surface area contributed by atoms with Crippen molar-refractivity contribution in [2.24, 2.45) is 0 Å². The summed E-state index contributed by atoms with van der Waals surface area (Å²) < 4.78 is 103. The van der Waals surface area contributed by atoms with Crippen LogP contribution in [0, 0.1) is 25.5 Å². The first-order chi connectivity index (χ1) is 28.4. The first kappa shape index (κ1) is 40.1. The summed E-state index contributed by atoms with van der Waals surface area (Å²) in [7, 11) is 0. The Morgan fingerprint density at radius 1 is 0.797 bits per heavy atom. The van der Waals surface area contributed by atoms with Crippen LogP contribution in [-0.2, 0) is 4.74 Å². The van der Waals surface area contributed by atoms with Gasteiger partial charge in [-0.15, -0.1) is 20.4 Å². The maximum atomic E-state index is 15.6. The van der Waals surface area contributed by atoms with Gasteiger partial charge in [0.1, 0.15) is 40.6 Å². The number of ether oxygens (including phenoxy) is 3. The second-order valence-electron chi connectivity index (χ2n) is 14.8. The molecule has 13 nitrogen and oxygen atoms in total. The van der Waals surface area contributed by atoms with E-state index in [1.807, 2.05) is 0 Å². The van der Waals surface area contributed by atoms with Crippen molar-refractivity contribution in [2.75, 3.05) is 43.5 Å². The Hall–Kier alpha value is -5.66. The van der Waals surface area contributed by atoms with Gasteiger partial charge >= 0.3 is 13.2 Å². The number of hydrogen-bond donors (Lipinski definition) is 3. The van der Waals surface area contributed by atoms with E-state index >= 15 is 8.78 Å². The van der Waals surface area contributed by atoms with Crippen molar-refractivity contribution in [3.8, 4) is 34.0 Å².